The van der Waals surface area contributed by atoms with E-state index < -0.39 is 18.2 Å². The van der Waals surface area contributed by atoms with Crippen molar-refractivity contribution < 1.29 is 5.76 Å². The van der Waals surface area contributed by atoms with Gasteiger partial charge in [-0.2, -0.15) is 15.8 Å². The summed E-state index contributed by atoms with van der Waals surface area (Å²) in [6.45, 7) is 6.24. The Bertz CT molecular complexity index is 1670. The van der Waals surface area contributed by atoms with Crippen molar-refractivity contribution in [3.63, 3.8) is 0 Å². The van der Waals surface area contributed by atoms with Crippen LogP contribution in [0.5, 0.6) is 0 Å². The molecule has 0 bridgehead atoms. The monoisotopic (exact) mass is 536 g/mol. The molecule has 1 saturated carbocycles. The molecule has 40 heavy (non-hydrogen) atoms. The molecule has 0 spiro atoms. The molecular formula is C30H30FN9. The van der Waals surface area contributed by atoms with E-state index in [-0.39, 0.29) is 11.0 Å². The number of nitrogens with one attached hydrogen (secondary N) is 4. The van der Waals surface area contributed by atoms with Crippen molar-refractivity contribution in [3.05, 3.63) is 76.7 Å². The summed E-state index contributed by atoms with van der Waals surface area (Å²) in [7, 11) is 0. The summed E-state index contributed by atoms with van der Waals surface area (Å²) in [5.74, 6) is 0. The average Bonchev–Trinajstić information content (AvgIpc) is 3.60. The maximum absolute atomic E-state index is 13.8. The number of anilines is 2. The predicted octanol–water partition coefficient (Wildman–Crippen LogP) is 5.13. The number of nitriles is 3. The second-order valence-corrected chi connectivity index (χ2v) is 11.3. The van der Waals surface area contributed by atoms with Crippen molar-refractivity contribution in [2.24, 2.45) is 5.41 Å². The van der Waals surface area contributed by atoms with Crippen LogP contribution in [0.1, 0.15) is 63.3 Å². The van der Waals surface area contributed by atoms with Gasteiger partial charge in [0, 0.05) is 30.0 Å². The average molecular weight is 537 g/mol. The number of fused-ring (bicyclic) bond motifs is 1. The lowest BCUT2D eigenvalue weighted by Crippen LogP contribution is -2.46. The standard InChI is InChI=1S/C30H30FN9/c1-29(2,3)18-36-27-22(14-34)15-35-26-21(13-33)10-23(11-24(26)27)37-28(20-6-4-5-19(9-20)12-32)25-16-40(39-38-25)30(17-31)7-8-30/h4-6,9-11,15-16,28,37-39H,7-8,17-18H2,1-3H3,(H,35,36)/i28D. The Morgan fingerprint density at radius 2 is 1.93 bits per heavy atom. The number of benzene rings is 2. The molecule has 1 fully saturated rings. The van der Waals surface area contributed by atoms with Crippen molar-refractivity contribution in [3.8, 4) is 18.2 Å². The summed E-state index contributed by atoms with van der Waals surface area (Å²) in [4.78, 5) is 4.41. The molecule has 0 saturated heterocycles. The van der Waals surface area contributed by atoms with E-state index in [1.165, 1.54) is 6.20 Å². The largest absolute Gasteiger partial charge is 0.383 e. The molecule has 3 aromatic rings. The molecule has 0 amide bonds. The Hall–Kier alpha value is -4.85. The van der Waals surface area contributed by atoms with Crippen LogP contribution in [-0.2, 0) is 0 Å². The van der Waals surface area contributed by atoms with Gasteiger partial charge in [-0.1, -0.05) is 32.9 Å². The number of halogens is 1. The van der Waals surface area contributed by atoms with Gasteiger partial charge in [-0.05, 0) is 48.1 Å². The van der Waals surface area contributed by atoms with Crippen molar-refractivity contribution in [1.29, 1.82) is 15.8 Å². The minimum absolute atomic E-state index is 0.0870. The van der Waals surface area contributed by atoms with Crippen LogP contribution < -0.4 is 21.6 Å². The normalized spacial score (nSPS) is 17.4. The van der Waals surface area contributed by atoms with Crippen molar-refractivity contribution in [2.45, 2.75) is 45.2 Å². The van der Waals surface area contributed by atoms with Crippen molar-refractivity contribution >= 4 is 22.3 Å². The van der Waals surface area contributed by atoms with E-state index in [0.717, 1.165) is 0 Å². The Morgan fingerprint density at radius 3 is 2.58 bits per heavy atom. The zero-order chi connectivity index (χ0) is 29.4. The van der Waals surface area contributed by atoms with E-state index in [4.69, 9.17) is 0 Å². The van der Waals surface area contributed by atoms with Crippen LogP contribution in [0, 0.1) is 39.4 Å². The third-order valence-electron chi connectivity index (χ3n) is 6.98. The summed E-state index contributed by atoms with van der Waals surface area (Å²) in [5.41, 5.74) is 8.47. The molecule has 202 valence electrons. The van der Waals surface area contributed by atoms with Crippen molar-refractivity contribution in [2.75, 3.05) is 23.9 Å². The van der Waals surface area contributed by atoms with Gasteiger partial charge in [-0.3, -0.25) is 9.99 Å². The highest BCUT2D eigenvalue weighted by Crippen LogP contribution is 2.43. The van der Waals surface area contributed by atoms with Gasteiger partial charge in [0.2, 0.25) is 0 Å². The quantitative estimate of drug-likeness (QED) is 0.309. The molecule has 9 nitrogen and oxygen atoms in total. The van der Waals surface area contributed by atoms with Crippen LogP contribution >= 0.6 is 0 Å². The van der Waals surface area contributed by atoms with Gasteiger partial charge >= 0.3 is 0 Å². The Morgan fingerprint density at radius 1 is 1.15 bits per heavy atom. The lowest BCUT2D eigenvalue weighted by Gasteiger charge is -2.24. The van der Waals surface area contributed by atoms with Crippen LogP contribution in [0.25, 0.3) is 10.9 Å². The van der Waals surface area contributed by atoms with Crippen molar-refractivity contribution in [1.82, 2.24) is 21.0 Å². The first-order valence-electron chi connectivity index (χ1n) is 13.4. The smallest absolute Gasteiger partial charge is 0.114 e. The van der Waals surface area contributed by atoms with Gasteiger partial charge in [0.15, 0.2) is 0 Å². The minimum Gasteiger partial charge on any atom is -0.383 e. The van der Waals surface area contributed by atoms with Gasteiger partial charge in [-0.15, -0.1) is 5.53 Å². The van der Waals surface area contributed by atoms with Gasteiger partial charge in [0.1, 0.15) is 18.8 Å². The molecule has 1 aliphatic heterocycles. The lowest BCUT2D eigenvalue weighted by atomic mass is 9.96. The number of alkyl halides is 1. The zero-order valence-electron chi connectivity index (χ0n) is 23.6. The number of pyridine rings is 1. The minimum atomic E-state index is -1.68. The van der Waals surface area contributed by atoms with Crippen LogP contribution in [-0.4, -0.2) is 28.8 Å². The molecule has 0 radical (unpaired) electrons. The van der Waals surface area contributed by atoms with Gasteiger partial charge in [-0.25, -0.2) is 4.39 Å². The first-order valence-corrected chi connectivity index (χ1v) is 12.9. The molecule has 1 atom stereocenters. The van der Waals surface area contributed by atoms with E-state index in [1.807, 2.05) is 0 Å². The number of rotatable bonds is 8. The number of hydrazine groups is 2. The first-order chi connectivity index (χ1) is 19.6. The van der Waals surface area contributed by atoms with E-state index >= 15 is 0 Å². The molecule has 2 aliphatic rings. The molecular weight excluding hydrogens is 505 g/mol. The highest BCUT2D eigenvalue weighted by Gasteiger charge is 2.49. The topological polar surface area (TPSA) is 136 Å². The van der Waals surface area contributed by atoms with Gasteiger partial charge in [0.05, 0.1) is 52.6 Å². The van der Waals surface area contributed by atoms with E-state index in [9.17, 15) is 21.5 Å². The Labute approximate surface area is 234 Å². The molecule has 1 aliphatic carbocycles. The fourth-order valence-corrected chi connectivity index (χ4v) is 4.55. The molecule has 10 heteroatoms. The second kappa shape index (κ2) is 10.4. The molecule has 2 aromatic carbocycles. The highest BCUT2D eigenvalue weighted by molar-refractivity contribution is 5.99. The third-order valence-corrected chi connectivity index (χ3v) is 6.98. The molecule has 4 N–H and O–H groups in total. The van der Waals surface area contributed by atoms with Crippen LogP contribution in [0.4, 0.5) is 15.8 Å². The van der Waals surface area contributed by atoms with Gasteiger partial charge < -0.3 is 16.1 Å². The Balaban J connectivity index is 1.65. The summed E-state index contributed by atoms with van der Waals surface area (Å²) >= 11 is 0. The highest BCUT2D eigenvalue weighted by atomic mass is 19.1. The second-order valence-electron chi connectivity index (χ2n) is 11.3. The lowest BCUT2D eigenvalue weighted by molar-refractivity contribution is 0.146. The van der Waals surface area contributed by atoms with Crippen LogP contribution in [0.2, 0.25) is 0 Å². The number of hydrogen-bond acceptors (Lipinski definition) is 9. The molecule has 1 aromatic heterocycles. The molecule has 1 unspecified atom stereocenters. The molecule has 2 heterocycles. The third kappa shape index (κ3) is 5.20. The van der Waals surface area contributed by atoms with E-state index in [2.05, 4.69) is 65.6 Å². The number of hydrogen-bond donors (Lipinski definition) is 4. The van der Waals surface area contributed by atoms with E-state index in [0.29, 0.717) is 64.1 Å². The fraction of sp³-hybridized carbons (Fsp3) is 0.333. The first kappa shape index (κ1) is 25.4. The summed E-state index contributed by atoms with van der Waals surface area (Å²) in [5, 5.41) is 38.2. The summed E-state index contributed by atoms with van der Waals surface area (Å²) in [6, 6.07) is 14.9. The SMILES string of the molecule is [2H]C(Nc1cc(C#N)c2ncc(C#N)c(NCC(C)(C)C)c2c1)(C1=CN(C2(CF)CC2)NN1)c1cccc(C#N)c1. The number of nitrogens with zero attached hydrogens (tertiary/aromatic N) is 5. The zero-order valence-corrected chi connectivity index (χ0v) is 22.6. The van der Waals surface area contributed by atoms with E-state index in [1.54, 1.807) is 47.6 Å². The van der Waals surface area contributed by atoms with Crippen LogP contribution in [0.3, 0.4) is 0 Å². The van der Waals surface area contributed by atoms with Gasteiger partial charge in [0.25, 0.3) is 0 Å². The molecule has 5 rings (SSSR count). The fourth-order valence-electron chi connectivity index (χ4n) is 4.55. The number of aromatic nitrogens is 1. The predicted molar refractivity (Wildman–Crippen MR) is 151 cm³/mol. The van der Waals surface area contributed by atoms with Crippen LogP contribution in [0.15, 0.2) is 54.5 Å². The maximum Gasteiger partial charge on any atom is 0.114 e. The summed E-state index contributed by atoms with van der Waals surface area (Å²) in [6.07, 6.45) is 4.48. The maximum atomic E-state index is 13.8. The Kier molecular flexibility index (Phi) is 6.59. The summed E-state index contributed by atoms with van der Waals surface area (Å²) < 4.78 is 23.5.